The summed E-state index contributed by atoms with van der Waals surface area (Å²) >= 11 is 0. The fourth-order valence-electron chi connectivity index (χ4n) is 0.779. The Balaban J connectivity index is 3.86. The molecule has 0 aliphatic heterocycles. The summed E-state index contributed by atoms with van der Waals surface area (Å²) in [6.07, 6.45) is 0. The first kappa shape index (κ1) is 8.63. The molecule has 12 heavy (non-hydrogen) atoms. The summed E-state index contributed by atoms with van der Waals surface area (Å²) in [4.78, 5) is 21.6. The Morgan fingerprint density at radius 3 is 2.08 bits per heavy atom. The van der Waals surface area contributed by atoms with E-state index < -0.39 is 23.0 Å². The molecule has 66 valence electrons. The molecule has 0 saturated heterocycles. The van der Waals surface area contributed by atoms with Gasteiger partial charge in [0.1, 0.15) is 0 Å². The van der Waals surface area contributed by atoms with Crippen LogP contribution in [0.2, 0.25) is 0 Å². The Hall–Kier alpha value is -1.46. The van der Waals surface area contributed by atoms with Gasteiger partial charge in [-0.1, -0.05) is 0 Å². The normalized spacial score (nSPS) is 10.3. The predicted octanol–water partition coefficient (Wildman–Crippen LogP) is -0.638. The number of rotatable bonds is 0. The smallest absolute Gasteiger partial charge is 0.270 e. The van der Waals surface area contributed by atoms with Crippen LogP contribution < -0.4 is 11.2 Å². The molecule has 0 aromatic carbocycles. The van der Waals surface area contributed by atoms with E-state index in [-0.39, 0.29) is 0 Å². The molecule has 0 spiro atoms. The molecule has 0 saturated carbocycles. The van der Waals surface area contributed by atoms with E-state index in [1.165, 1.54) is 0 Å². The summed E-state index contributed by atoms with van der Waals surface area (Å²) in [7, 11) is 2.12. The molecule has 1 rings (SSSR count). The molecule has 0 aliphatic rings. The van der Waals surface area contributed by atoms with Crippen molar-refractivity contribution in [2.75, 3.05) is 0 Å². The van der Waals surface area contributed by atoms with E-state index >= 15 is 0 Å². The zero-order chi connectivity index (χ0) is 9.46. The average molecular weight is 176 g/mol. The lowest BCUT2D eigenvalue weighted by atomic mass is 10.5. The van der Waals surface area contributed by atoms with E-state index in [0.717, 1.165) is 14.1 Å². The first-order valence-corrected chi connectivity index (χ1v) is 3.08. The zero-order valence-corrected chi connectivity index (χ0v) is 6.47. The van der Waals surface area contributed by atoms with Gasteiger partial charge in [0.25, 0.3) is 5.56 Å². The number of hydrogen-bond donors (Lipinski definition) is 0. The van der Waals surface area contributed by atoms with Crippen LogP contribution in [0.25, 0.3) is 0 Å². The van der Waals surface area contributed by atoms with Crippen molar-refractivity contribution in [3.63, 3.8) is 0 Å². The topological polar surface area (TPSA) is 44.0 Å². The lowest BCUT2D eigenvalue weighted by Gasteiger charge is -2.02. The summed E-state index contributed by atoms with van der Waals surface area (Å²) in [6.45, 7) is 0. The molecule has 0 fully saturated rings. The molecule has 0 radical (unpaired) electrons. The third kappa shape index (κ3) is 0.956. The van der Waals surface area contributed by atoms with Crippen LogP contribution >= 0.6 is 0 Å². The Kier molecular flexibility index (Phi) is 1.83. The van der Waals surface area contributed by atoms with Crippen molar-refractivity contribution in [2.45, 2.75) is 0 Å². The van der Waals surface area contributed by atoms with Crippen LogP contribution in [0.4, 0.5) is 8.78 Å². The Labute approximate surface area is 65.7 Å². The monoisotopic (exact) mass is 176 g/mol. The highest BCUT2D eigenvalue weighted by Gasteiger charge is 2.13. The quantitative estimate of drug-likeness (QED) is 0.493. The van der Waals surface area contributed by atoms with Crippen molar-refractivity contribution in [1.29, 1.82) is 0 Å². The van der Waals surface area contributed by atoms with Crippen molar-refractivity contribution < 1.29 is 8.78 Å². The second-order valence-electron chi connectivity index (χ2n) is 2.31. The fourth-order valence-corrected chi connectivity index (χ4v) is 0.779. The van der Waals surface area contributed by atoms with E-state index in [2.05, 4.69) is 0 Å². The second-order valence-corrected chi connectivity index (χ2v) is 2.31. The predicted molar refractivity (Wildman–Crippen MR) is 36.8 cm³/mol. The summed E-state index contributed by atoms with van der Waals surface area (Å²) in [5, 5.41) is 0. The first-order chi connectivity index (χ1) is 5.46. The minimum atomic E-state index is -1.54. The summed E-state index contributed by atoms with van der Waals surface area (Å²) < 4.78 is 26.1. The largest absolute Gasteiger partial charge is 0.332 e. The van der Waals surface area contributed by atoms with Crippen molar-refractivity contribution in [1.82, 2.24) is 9.13 Å². The molecule has 1 aromatic rings. The summed E-state index contributed by atoms with van der Waals surface area (Å²) in [5.74, 6) is -2.98. The summed E-state index contributed by atoms with van der Waals surface area (Å²) in [6, 6.07) is 0. The van der Waals surface area contributed by atoms with Gasteiger partial charge in [-0.15, -0.1) is 0 Å². The Bertz CT molecular complexity index is 395. The molecule has 0 bridgehead atoms. The van der Waals surface area contributed by atoms with Gasteiger partial charge in [-0.25, -0.2) is 4.79 Å². The number of nitrogens with zero attached hydrogens (tertiary/aromatic N) is 2. The van der Waals surface area contributed by atoms with Gasteiger partial charge in [0.15, 0.2) is 0 Å². The maximum absolute atomic E-state index is 12.6. The van der Waals surface area contributed by atoms with Crippen LogP contribution in [-0.2, 0) is 14.1 Å². The van der Waals surface area contributed by atoms with Gasteiger partial charge < -0.3 is 0 Å². The van der Waals surface area contributed by atoms with Gasteiger partial charge in [0.2, 0.25) is 11.8 Å². The van der Waals surface area contributed by atoms with Crippen molar-refractivity contribution in [3.8, 4) is 0 Å². The van der Waals surface area contributed by atoms with E-state index in [0.29, 0.717) is 9.13 Å². The maximum Gasteiger partial charge on any atom is 0.332 e. The van der Waals surface area contributed by atoms with Crippen molar-refractivity contribution in [3.05, 3.63) is 32.6 Å². The molecule has 0 aliphatic carbocycles. The third-order valence-corrected chi connectivity index (χ3v) is 1.54. The molecule has 0 atom stereocenters. The highest BCUT2D eigenvalue weighted by atomic mass is 19.2. The van der Waals surface area contributed by atoms with E-state index in [4.69, 9.17) is 0 Å². The van der Waals surface area contributed by atoms with Crippen LogP contribution in [0.1, 0.15) is 0 Å². The van der Waals surface area contributed by atoms with Crippen molar-refractivity contribution in [2.24, 2.45) is 14.1 Å². The van der Waals surface area contributed by atoms with Gasteiger partial charge in [0, 0.05) is 14.1 Å². The van der Waals surface area contributed by atoms with Gasteiger partial charge in [-0.2, -0.15) is 8.78 Å². The van der Waals surface area contributed by atoms with E-state index in [9.17, 15) is 18.4 Å². The van der Waals surface area contributed by atoms with Gasteiger partial charge in [-0.3, -0.25) is 13.9 Å². The molecule has 4 nitrogen and oxygen atoms in total. The van der Waals surface area contributed by atoms with Gasteiger partial charge >= 0.3 is 5.69 Å². The number of aromatic nitrogens is 2. The molecular formula is C6H6F2N2O2. The maximum atomic E-state index is 12.6. The minimum Gasteiger partial charge on any atom is -0.270 e. The average Bonchev–Trinajstić information content (AvgIpc) is 2.08. The van der Waals surface area contributed by atoms with Crippen LogP contribution in [0.3, 0.4) is 0 Å². The molecule has 0 N–H and O–H groups in total. The fraction of sp³-hybridized carbons (Fsp3) is 0.333. The first-order valence-electron chi connectivity index (χ1n) is 3.08. The molecule has 1 aromatic heterocycles. The standard InChI is InChI=1S/C6H6F2N2O2/c1-9-4(8)3(7)5(11)10(2)6(9)12/h1-2H3. The highest BCUT2D eigenvalue weighted by molar-refractivity contribution is 4.91. The summed E-state index contributed by atoms with van der Waals surface area (Å²) in [5.41, 5.74) is -2.14. The highest BCUT2D eigenvalue weighted by Crippen LogP contribution is 1.93. The number of halogens is 2. The van der Waals surface area contributed by atoms with Crippen LogP contribution in [-0.4, -0.2) is 9.13 Å². The zero-order valence-electron chi connectivity index (χ0n) is 6.47. The Morgan fingerprint density at radius 2 is 1.58 bits per heavy atom. The molecule has 0 unspecified atom stereocenters. The molecular weight excluding hydrogens is 170 g/mol. The van der Waals surface area contributed by atoms with Crippen LogP contribution in [0, 0.1) is 11.8 Å². The minimum absolute atomic E-state index is 0.427. The molecule has 6 heteroatoms. The molecule has 1 heterocycles. The SMILES string of the molecule is Cn1c(F)c(F)c(=O)n(C)c1=O. The van der Waals surface area contributed by atoms with E-state index in [1.54, 1.807) is 0 Å². The lowest BCUT2D eigenvalue weighted by molar-refractivity contribution is 0.403. The Morgan fingerprint density at radius 1 is 1.08 bits per heavy atom. The van der Waals surface area contributed by atoms with Gasteiger partial charge in [0.05, 0.1) is 0 Å². The number of hydrogen-bond acceptors (Lipinski definition) is 2. The molecule has 0 amide bonds. The lowest BCUT2D eigenvalue weighted by Crippen LogP contribution is -2.40. The van der Waals surface area contributed by atoms with Crippen LogP contribution in [0.5, 0.6) is 0 Å². The second kappa shape index (κ2) is 2.54. The van der Waals surface area contributed by atoms with E-state index in [1.807, 2.05) is 0 Å². The third-order valence-electron chi connectivity index (χ3n) is 1.54. The van der Waals surface area contributed by atoms with Gasteiger partial charge in [-0.05, 0) is 0 Å². The van der Waals surface area contributed by atoms with Crippen molar-refractivity contribution >= 4 is 0 Å². The van der Waals surface area contributed by atoms with Crippen LogP contribution in [0.15, 0.2) is 9.59 Å².